The molecular weight excluding hydrogens is 254 g/mol. The summed E-state index contributed by atoms with van der Waals surface area (Å²) in [4.78, 5) is 17.8. The Hall–Kier alpha value is -1.33. The molecule has 0 aliphatic heterocycles. The van der Waals surface area contributed by atoms with Crippen molar-refractivity contribution in [3.05, 3.63) is 24.0 Å². The fourth-order valence-electron chi connectivity index (χ4n) is 1.48. The van der Waals surface area contributed by atoms with E-state index in [1.807, 2.05) is 13.8 Å². The molecule has 2 N–H and O–H groups in total. The highest BCUT2D eigenvalue weighted by molar-refractivity contribution is 5.98. The lowest BCUT2D eigenvalue weighted by molar-refractivity contribution is 0.0670. The fourth-order valence-corrected chi connectivity index (χ4v) is 1.48. The molecule has 6 heteroatoms. The van der Waals surface area contributed by atoms with Gasteiger partial charge in [0.2, 0.25) is 0 Å². The van der Waals surface area contributed by atoms with Gasteiger partial charge < -0.3 is 15.4 Å². The summed E-state index contributed by atoms with van der Waals surface area (Å²) in [6.45, 7) is 6.24. The number of ether oxygens (including phenoxy) is 1. The Morgan fingerprint density at radius 1 is 1.50 bits per heavy atom. The summed E-state index contributed by atoms with van der Waals surface area (Å²) in [5.74, 6) is -0.0993. The molecule has 0 radical (unpaired) electrons. The van der Waals surface area contributed by atoms with Crippen molar-refractivity contribution >= 4 is 24.0 Å². The topological polar surface area (TPSA) is 68.5 Å². The molecule has 18 heavy (non-hydrogen) atoms. The standard InChI is InChI=1S/C12H19N3O2.ClH/c1-3-15(7-8-17-4-2)12(16)10-9-14-6-5-11(10)13;/h5-6,9H,3-4,7-8H2,1-2H3,(H2,13,14);1H. The number of nitrogens with zero attached hydrogens (tertiary/aromatic N) is 2. The molecular formula is C12H20ClN3O2. The minimum absolute atomic E-state index is 0. The summed E-state index contributed by atoms with van der Waals surface area (Å²) in [6.07, 6.45) is 3.07. The molecule has 0 fully saturated rings. The van der Waals surface area contributed by atoms with E-state index >= 15 is 0 Å². The van der Waals surface area contributed by atoms with Gasteiger partial charge in [0.05, 0.1) is 12.2 Å². The number of pyridine rings is 1. The quantitative estimate of drug-likeness (QED) is 0.799. The number of rotatable bonds is 6. The number of hydrogen-bond donors (Lipinski definition) is 1. The van der Waals surface area contributed by atoms with Crippen molar-refractivity contribution in [3.63, 3.8) is 0 Å². The van der Waals surface area contributed by atoms with Gasteiger partial charge in [-0.15, -0.1) is 12.4 Å². The maximum absolute atomic E-state index is 12.1. The van der Waals surface area contributed by atoms with Gasteiger partial charge in [-0.05, 0) is 19.9 Å². The normalized spacial score (nSPS) is 9.67. The number of anilines is 1. The average molecular weight is 274 g/mol. The van der Waals surface area contributed by atoms with E-state index in [4.69, 9.17) is 10.5 Å². The van der Waals surface area contributed by atoms with Crippen LogP contribution in [0.25, 0.3) is 0 Å². The van der Waals surface area contributed by atoms with Crippen LogP contribution in [0.2, 0.25) is 0 Å². The summed E-state index contributed by atoms with van der Waals surface area (Å²) >= 11 is 0. The van der Waals surface area contributed by atoms with Gasteiger partial charge in [-0.3, -0.25) is 9.78 Å². The van der Waals surface area contributed by atoms with Crippen molar-refractivity contribution in [2.24, 2.45) is 0 Å². The van der Waals surface area contributed by atoms with Crippen LogP contribution >= 0.6 is 12.4 Å². The zero-order valence-electron chi connectivity index (χ0n) is 10.8. The highest BCUT2D eigenvalue weighted by Crippen LogP contribution is 2.11. The van der Waals surface area contributed by atoms with Crippen LogP contribution < -0.4 is 5.73 Å². The Morgan fingerprint density at radius 3 is 2.78 bits per heavy atom. The summed E-state index contributed by atoms with van der Waals surface area (Å²) in [7, 11) is 0. The predicted octanol–water partition coefficient (Wildman–Crippen LogP) is 1.58. The molecule has 0 aliphatic carbocycles. The summed E-state index contributed by atoms with van der Waals surface area (Å²) in [6, 6.07) is 1.63. The lowest BCUT2D eigenvalue weighted by atomic mass is 10.2. The van der Waals surface area contributed by atoms with Crippen LogP contribution in [0.4, 0.5) is 5.69 Å². The van der Waals surface area contributed by atoms with Crippen molar-refractivity contribution in [2.75, 3.05) is 32.0 Å². The number of carbonyl (C=O) groups excluding carboxylic acids is 1. The van der Waals surface area contributed by atoms with E-state index in [2.05, 4.69) is 4.98 Å². The van der Waals surface area contributed by atoms with Gasteiger partial charge in [0.1, 0.15) is 0 Å². The van der Waals surface area contributed by atoms with Crippen LogP contribution in [0.1, 0.15) is 24.2 Å². The summed E-state index contributed by atoms with van der Waals surface area (Å²) in [5.41, 5.74) is 6.66. The minimum atomic E-state index is -0.0993. The van der Waals surface area contributed by atoms with Crippen molar-refractivity contribution in [2.45, 2.75) is 13.8 Å². The molecule has 0 saturated carbocycles. The Labute approximate surface area is 114 Å². The number of nitrogen functional groups attached to an aromatic ring is 1. The van der Waals surface area contributed by atoms with Crippen LogP contribution in [-0.4, -0.2) is 42.1 Å². The molecule has 5 nitrogen and oxygen atoms in total. The Morgan fingerprint density at radius 2 is 2.22 bits per heavy atom. The highest BCUT2D eigenvalue weighted by atomic mass is 35.5. The zero-order valence-corrected chi connectivity index (χ0v) is 11.6. The van der Waals surface area contributed by atoms with Crippen molar-refractivity contribution in [3.8, 4) is 0 Å². The van der Waals surface area contributed by atoms with Gasteiger partial charge in [0.15, 0.2) is 0 Å². The third-order valence-electron chi connectivity index (χ3n) is 2.46. The summed E-state index contributed by atoms with van der Waals surface area (Å²) < 4.78 is 5.24. The first kappa shape index (κ1) is 16.7. The first-order chi connectivity index (χ1) is 8.20. The van der Waals surface area contributed by atoms with Crippen LogP contribution in [0.5, 0.6) is 0 Å². The monoisotopic (exact) mass is 273 g/mol. The molecule has 1 amide bonds. The molecule has 0 aliphatic rings. The molecule has 0 unspecified atom stereocenters. The number of nitrogens with two attached hydrogens (primary N) is 1. The maximum atomic E-state index is 12.1. The third-order valence-corrected chi connectivity index (χ3v) is 2.46. The minimum Gasteiger partial charge on any atom is -0.398 e. The van der Waals surface area contributed by atoms with Crippen molar-refractivity contribution in [1.82, 2.24) is 9.88 Å². The largest absolute Gasteiger partial charge is 0.398 e. The lowest BCUT2D eigenvalue weighted by Gasteiger charge is -2.21. The molecule has 1 aromatic rings. The van der Waals surface area contributed by atoms with Gasteiger partial charge in [-0.1, -0.05) is 0 Å². The molecule has 0 bridgehead atoms. The van der Waals surface area contributed by atoms with E-state index in [9.17, 15) is 4.79 Å². The molecule has 1 heterocycles. The van der Waals surface area contributed by atoms with Crippen LogP contribution in [0.15, 0.2) is 18.5 Å². The van der Waals surface area contributed by atoms with E-state index in [1.165, 1.54) is 6.20 Å². The van der Waals surface area contributed by atoms with Gasteiger partial charge in [-0.25, -0.2) is 0 Å². The van der Waals surface area contributed by atoms with Gasteiger partial charge >= 0.3 is 0 Å². The summed E-state index contributed by atoms with van der Waals surface area (Å²) in [5, 5.41) is 0. The fraction of sp³-hybridized carbons (Fsp3) is 0.500. The van der Waals surface area contributed by atoms with Crippen LogP contribution in [-0.2, 0) is 4.74 Å². The molecule has 102 valence electrons. The van der Waals surface area contributed by atoms with E-state index < -0.39 is 0 Å². The number of halogens is 1. The number of hydrogen-bond acceptors (Lipinski definition) is 4. The number of aromatic nitrogens is 1. The zero-order chi connectivity index (χ0) is 12.7. The smallest absolute Gasteiger partial charge is 0.257 e. The lowest BCUT2D eigenvalue weighted by Crippen LogP contribution is -2.34. The van der Waals surface area contributed by atoms with E-state index in [0.717, 1.165) is 0 Å². The van der Waals surface area contributed by atoms with Crippen LogP contribution in [0, 0.1) is 0 Å². The molecule has 0 atom stereocenters. The van der Waals surface area contributed by atoms with Crippen LogP contribution in [0.3, 0.4) is 0 Å². The SMILES string of the molecule is CCOCCN(CC)C(=O)c1cnccc1N.Cl. The Balaban J connectivity index is 0.00000289. The van der Waals surface area contributed by atoms with E-state index in [-0.39, 0.29) is 18.3 Å². The molecule has 0 aromatic carbocycles. The Kier molecular flexibility index (Phi) is 8.07. The first-order valence-electron chi connectivity index (χ1n) is 5.77. The van der Waals surface area contributed by atoms with Crippen molar-refractivity contribution < 1.29 is 9.53 Å². The molecule has 1 aromatic heterocycles. The molecule has 0 saturated heterocycles. The van der Waals surface area contributed by atoms with Crippen molar-refractivity contribution in [1.29, 1.82) is 0 Å². The van der Waals surface area contributed by atoms with Gasteiger partial charge in [-0.2, -0.15) is 0 Å². The average Bonchev–Trinajstić information content (AvgIpc) is 2.35. The second-order valence-electron chi connectivity index (χ2n) is 3.54. The second-order valence-corrected chi connectivity index (χ2v) is 3.54. The Bertz CT molecular complexity index is 374. The maximum Gasteiger partial charge on any atom is 0.257 e. The van der Waals surface area contributed by atoms with E-state index in [0.29, 0.717) is 37.6 Å². The molecule has 1 rings (SSSR count). The highest BCUT2D eigenvalue weighted by Gasteiger charge is 2.16. The van der Waals surface area contributed by atoms with Gasteiger partial charge in [0.25, 0.3) is 5.91 Å². The first-order valence-corrected chi connectivity index (χ1v) is 5.77. The van der Waals surface area contributed by atoms with Gasteiger partial charge in [0, 0.05) is 37.8 Å². The second kappa shape index (κ2) is 8.72. The number of amides is 1. The van der Waals surface area contributed by atoms with E-state index in [1.54, 1.807) is 17.2 Å². The molecule has 0 spiro atoms. The predicted molar refractivity (Wildman–Crippen MR) is 74.0 cm³/mol. The third kappa shape index (κ3) is 4.50. The number of likely N-dealkylation sites (N-methyl/N-ethyl adjacent to an activating group) is 1. The number of carbonyl (C=O) groups is 1.